The van der Waals surface area contributed by atoms with Crippen molar-refractivity contribution in [1.29, 1.82) is 0 Å². The Kier molecular flexibility index (Phi) is 5.20. The van der Waals surface area contributed by atoms with Crippen molar-refractivity contribution in [1.82, 2.24) is 10.2 Å². The van der Waals surface area contributed by atoms with Crippen molar-refractivity contribution < 1.29 is 0 Å². The topological polar surface area (TPSA) is 15.3 Å². The molecule has 2 nitrogen and oxygen atoms in total. The van der Waals surface area contributed by atoms with Crippen molar-refractivity contribution in [3.63, 3.8) is 0 Å². The van der Waals surface area contributed by atoms with E-state index in [0.717, 1.165) is 6.54 Å². The highest BCUT2D eigenvalue weighted by Crippen LogP contribution is 2.11. The Balaban J connectivity index is 2.29. The van der Waals surface area contributed by atoms with Crippen LogP contribution in [-0.4, -0.2) is 37.1 Å². The molecule has 1 rings (SSSR count). The van der Waals surface area contributed by atoms with Crippen molar-refractivity contribution in [2.45, 2.75) is 32.7 Å². The fraction of sp³-hybridized carbons (Fsp3) is 0.833. The Hall–Kier alpha value is -0.340. The summed E-state index contributed by atoms with van der Waals surface area (Å²) >= 11 is 0. The molecule has 0 bridgehead atoms. The van der Waals surface area contributed by atoms with Crippen LogP contribution in [0.5, 0.6) is 0 Å². The van der Waals surface area contributed by atoms with Gasteiger partial charge in [-0.1, -0.05) is 19.9 Å². The SMILES string of the molecule is C=CCNC(CN1CCCC1)C(C)C. The van der Waals surface area contributed by atoms with Gasteiger partial charge in [-0.3, -0.25) is 0 Å². The number of hydrogen-bond acceptors (Lipinski definition) is 2. The van der Waals surface area contributed by atoms with Gasteiger partial charge < -0.3 is 10.2 Å². The van der Waals surface area contributed by atoms with Crippen LogP contribution in [0.2, 0.25) is 0 Å². The molecule has 2 heteroatoms. The first kappa shape index (κ1) is 11.7. The average molecular weight is 196 g/mol. The van der Waals surface area contributed by atoms with Gasteiger partial charge in [-0.05, 0) is 31.8 Å². The van der Waals surface area contributed by atoms with E-state index in [2.05, 4.69) is 30.6 Å². The van der Waals surface area contributed by atoms with Crippen molar-refractivity contribution >= 4 is 0 Å². The molecule has 14 heavy (non-hydrogen) atoms. The number of nitrogens with one attached hydrogen (secondary N) is 1. The first-order valence-corrected chi connectivity index (χ1v) is 5.80. The molecule has 0 aromatic carbocycles. The number of rotatable bonds is 6. The monoisotopic (exact) mass is 196 g/mol. The third kappa shape index (κ3) is 3.81. The van der Waals surface area contributed by atoms with Crippen LogP contribution in [0.1, 0.15) is 26.7 Å². The predicted molar refractivity (Wildman–Crippen MR) is 62.5 cm³/mol. The largest absolute Gasteiger partial charge is 0.309 e. The van der Waals surface area contributed by atoms with Crippen molar-refractivity contribution in [2.24, 2.45) is 5.92 Å². The van der Waals surface area contributed by atoms with E-state index in [1.165, 1.54) is 32.5 Å². The second-order valence-electron chi connectivity index (χ2n) is 4.56. The Labute approximate surface area is 88.4 Å². The van der Waals surface area contributed by atoms with Crippen molar-refractivity contribution in [3.05, 3.63) is 12.7 Å². The van der Waals surface area contributed by atoms with Crippen LogP contribution >= 0.6 is 0 Å². The van der Waals surface area contributed by atoms with E-state index in [-0.39, 0.29) is 0 Å². The molecular weight excluding hydrogens is 172 g/mol. The highest BCUT2D eigenvalue weighted by atomic mass is 15.2. The van der Waals surface area contributed by atoms with Crippen LogP contribution in [0.3, 0.4) is 0 Å². The van der Waals surface area contributed by atoms with Crippen LogP contribution in [-0.2, 0) is 0 Å². The summed E-state index contributed by atoms with van der Waals surface area (Å²) in [6.45, 7) is 13.0. The summed E-state index contributed by atoms with van der Waals surface area (Å²) < 4.78 is 0. The molecular formula is C12H24N2. The minimum Gasteiger partial charge on any atom is -0.309 e. The number of nitrogens with zero attached hydrogens (tertiary/aromatic N) is 1. The zero-order valence-corrected chi connectivity index (χ0v) is 9.63. The second-order valence-corrected chi connectivity index (χ2v) is 4.56. The van der Waals surface area contributed by atoms with E-state index in [1.54, 1.807) is 0 Å². The summed E-state index contributed by atoms with van der Waals surface area (Å²) in [5.74, 6) is 0.704. The molecule has 0 saturated carbocycles. The molecule has 1 unspecified atom stereocenters. The maximum Gasteiger partial charge on any atom is 0.0220 e. The van der Waals surface area contributed by atoms with E-state index in [4.69, 9.17) is 0 Å². The smallest absolute Gasteiger partial charge is 0.0220 e. The Morgan fingerprint density at radius 2 is 2.00 bits per heavy atom. The summed E-state index contributed by atoms with van der Waals surface area (Å²) in [6, 6.07) is 0.617. The maximum absolute atomic E-state index is 3.75. The van der Waals surface area contributed by atoms with Crippen LogP contribution in [0.4, 0.5) is 0 Å². The Morgan fingerprint density at radius 1 is 1.36 bits per heavy atom. The quantitative estimate of drug-likeness (QED) is 0.653. The molecule has 0 aliphatic carbocycles. The fourth-order valence-electron chi connectivity index (χ4n) is 1.99. The maximum atomic E-state index is 3.75. The highest BCUT2D eigenvalue weighted by molar-refractivity contribution is 4.81. The standard InChI is InChI=1S/C12H24N2/c1-4-7-13-12(11(2)3)10-14-8-5-6-9-14/h4,11-13H,1,5-10H2,2-3H3. The van der Waals surface area contributed by atoms with Gasteiger partial charge in [0.05, 0.1) is 0 Å². The lowest BCUT2D eigenvalue weighted by Gasteiger charge is -2.27. The van der Waals surface area contributed by atoms with Crippen molar-refractivity contribution in [3.8, 4) is 0 Å². The third-order valence-electron chi connectivity index (χ3n) is 2.98. The summed E-state index contributed by atoms with van der Waals surface area (Å²) in [5.41, 5.74) is 0. The first-order valence-electron chi connectivity index (χ1n) is 5.80. The van der Waals surface area contributed by atoms with Crippen LogP contribution < -0.4 is 5.32 Å². The molecule has 0 aromatic heterocycles. The third-order valence-corrected chi connectivity index (χ3v) is 2.98. The highest BCUT2D eigenvalue weighted by Gasteiger charge is 2.18. The van der Waals surface area contributed by atoms with Gasteiger partial charge in [-0.25, -0.2) is 0 Å². The lowest BCUT2D eigenvalue weighted by Crippen LogP contribution is -2.43. The zero-order chi connectivity index (χ0) is 10.4. The van der Waals surface area contributed by atoms with Gasteiger partial charge in [0.25, 0.3) is 0 Å². The van der Waals surface area contributed by atoms with E-state index in [0.29, 0.717) is 12.0 Å². The molecule has 1 aliphatic heterocycles. The lowest BCUT2D eigenvalue weighted by atomic mass is 10.0. The molecule has 1 saturated heterocycles. The number of hydrogen-bond donors (Lipinski definition) is 1. The first-order chi connectivity index (χ1) is 6.74. The molecule has 1 N–H and O–H groups in total. The molecule has 0 amide bonds. The Bertz CT molecular complexity index is 160. The van der Waals surface area contributed by atoms with E-state index < -0.39 is 0 Å². The summed E-state index contributed by atoms with van der Waals surface area (Å²) in [5, 5.41) is 3.54. The van der Waals surface area contributed by atoms with E-state index in [1.807, 2.05) is 6.08 Å². The van der Waals surface area contributed by atoms with Gasteiger partial charge in [0.1, 0.15) is 0 Å². The van der Waals surface area contributed by atoms with Crippen LogP contribution in [0.25, 0.3) is 0 Å². The van der Waals surface area contributed by atoms with Gasteiger partial charge in [-0.2, -0.15) is 0 Å². The minimum atomic E-state index is 0.617. The molecule has 1 atom stereocenters. The van der Waals surface area contributed by atoms with Gasteiger partial charge in [0.15, 0.2) is 0 Å². The molecule has 1 fully saturated rings. The molecule has 1 aliphatic rings. The van der Waals surface area contributed by atoms with Gasteiger partial charge in [-0.15, -0.1) is 6.58 Å². The zero-order valence-electron chi connectivity index (χ0n) is 9.63. The Morgan fingerprint density at radius 3 is 2.50 bits per heavy atom. The molecule has 1 heterocycles. The average Bonchev–Trinajstić information content (AvgIpc) is 2.64. The van der Waals surface area contributed by atoms with Gasteiger partial charge >= 0.3 is 0 Å². The molecule has 0 aromatic rings. The predicted octanol–water partition coefficient (Wildman–Crippen LogP) is 1.88. The van der Waals surface area contributed by atoms with Crippen LogP contribution in [0, 0.1) is 5.92 Å². The number of likely N-dealkylation sites (tertiary alicyclic amines) is 1. The molecule has 0 radical (unpaired) electrons. The fourth-order valence-corrected chi connectivity index (χ4v) is 1.99. The normalized spacial score (nSPS) is 20.2. The van der Waals surface area contributed by atoms with Crippen LogP contribution in [0.15, 0.2) is 12.7 Å². The molecule has 0 spiro atoms. The molecule has 82 valence electrons. The lowest BCUT2D eigenvalue weighted by molar-refractivity contribution is 0.259. The van der Waals surface area contributed by atoms with Crippen molar-refractivity contribution in [2.75, 3.05) is 26.2 Å². The van der Waals surface area contributed by atoms with Gasteiger partial charge in [0, 0.05) is 19.1 Å². The second kappa shape index (κ2) is 6.20. The minimum absolute atomic E-state index is 0.617. The summed E-state index contributed by atoms with van der Waals surface area (Å²) in [7, 11) is 0. The summed E-state index contributed by atoms with van der Waals surface area (Å²) in [6.07, 6.45) is 4.71. The van der Waals surface area contributed by atoms with Gasteiger partial charge in [0.2, 0.25) is 0 Å². The van der Waals surface area contributed by atoms with E-state index >= 15 is 0 Å². The summed E-state index contributed by atoms with van der Waals surface area (Å²) in [4.78, 5) is 2.57. The van der Waals surface area contributed by atoms with E-state index in [9.17, 15) is 0 Å².